The number of morpholine rings is 1. The molecule has 1 amide bonds. The molecule has 1 saturated carbocycles. The summed E-state index contributed by atoms with van der Waals surface area (Å²) in [7, 11) is 0. The highest BCUT2D eigenvalue weighted by Crippen LogP contribution is 2.44. The molecular weight excluding hydrogens is 538 g/mol. The Balaban J connectivity index is 1.06. The molecule has 6 rings (SSSR count). The van der Waals surface area contributed by atoms with Crippen molar-refractivity contribution in [3.05, 3.63) is 12.0 Å². The van der Waals surface area contributed by atoms with Crippen molar-refractivity contribution in [1.29, 1.82) is 0 Å². The number of nitrogens with one attached hydrogen (secondary N) is 4. The van der Waals surface area contributed by atoms with Gasteiger partial charge in [0.1, 0.15) is 11.4 Å². The van der Waals surface area contributed by atoms with E-state index in [0.29, 0.717) is 31.2 Å². The van der Waals surface area contributed by atoms with Crippen molar-refractivity contribution in [2.24, 2.45) is 17.6 Å². The zero-order chi connectivity index (χ0) is 26.9. The van der Waals surface area contributed by atoms with Crippen LogP contribution in [0.1, 0.15) is 38.5 Å². The van der Waals surface area contributed by atoms with Crippen LogP contribution in [0, 0.1) is 11.8 Å². The number of fused-ring (bicyclic) bond motifs is 1. The fourth-order valence-corrected chi connectivity index (χ4v) is 9.90. The number of nitrogens with zero attached hydrogens (tertiary/aromatic N) is 1. The second-order valence-electron chi connectivity index (χ2n) is 11.7. The standard InChI is InChI=1S/C26H43N7O4S2/c27-16-3-1-2-4-17(16)30-19-6-5-14(24(28)35)25(31-19)32-20-12-29-26(39-20)15-13-38-23-18(34)11-21(37-22(15)23)33-7-9-36-10-8-33/h11,14-17,19-20,22-23,25-26,29-32H,1-10,12-13,27H2,(H2,28,35)/p+1/t14?,15?,16-,17+,19?,20?,22?,23?,25?,26?/m1/s1. The quantitative estimate of drug-likeness (QED) is 0.212. The van der Waals surface area contributed by atoms with Crippen LogP contribution >= 0.6 is 23.5 Å². The summed E-state index contributed by atoms with van der Waals surface area (Å²) in [5, 5.41) is 15.0. The Morgan fingerprint density at radius 2 is 1.97 bits per heavy atom. The van der Waals surface area contributed by atoms with Crippen molar-refractivity contribution in [2.45, 2.75) is 85.0 Å². The Morgan fingerprint density at radius 1 is 1.15 bits per heavy atom. The maximum absolute atomic E-state index is 13.0. The molecule has 0 spiro atoms. The molecule has 0 aromatic rings. The fourth-order valence-electron chi connectivity index (χ4n) is 6.87. The fraction of sp³-hybridized carbons (Fsp3) is 0.846. The summed E-state index contributed by atoms with van der Waals surface area (Å²) < 4.78 is 12.0. The normalized spacial score (nSPS) is 43.1. The van der Waals surface area contributed by atoms with E-state index in [2.05, 4.69) is 31.9 Å². The number of ketones is 1. The van der Waals surface area contributed by atoms with Gasteiger partial charge < -0.3 is 31.2 Å². The number of carbonyl (C=O) groups is 2. The maximum atomic E-state index is 13.0. The lowest BCUT2D eigenvalue weighted by atomic mass is 9.89. The minimum Gasteiger partial charge on any atom is -0.474 e. The number of carbonyl (C=O) groups excluding carboxylic acids is 2. The van der Waals surface area contributed by atoms with Crippen LogP contribution in [0.5, 0.6) is 0 Å². The number of nitrogens with two attached hydrogens (primary N) is 1. The number of rotatable bonds is 7. The van der Waals surface area contributed by atoms with Gasteiger partial charge in [0.15, 0.2) is 11.7 Å². The zero-order valence-electron chi connectivity index (χ0n) is 22.5. The Bertz CT molecular complexity index is 938. The number of piperidine rings is 1. The van der Waals surface area contributed by atoms with Crippen LogP contribution in [0.2, 0.25) is 0 Å². The van der Waals surface area contributed by atoms with Crippen molar-refractivity contribution >= 4 is 35.2 Å². The number of thioether (sulfide) groups is 2. The lowest BCUT2D eigenvalue weighted by molar-refractivity contribution is -0.431. The van der Waals surface area contributed by atoms with E-state index in [0.717, 1.165) is 44.6 Å². The van der Waals surface area contributed by atoms with Crippen molar-refractivity contribution in [2.75, 3.05) is 38.6 Å². The van der Waals surface area contributed by atoms with Crippen molar-refractivity contribution in [3.63, 3.8) is 0 Å². The highest BCUT2D eigenvalue weighted by atomic mass is 32.2. The van der Waals surface area contributed by atoms with Gasteiger partial charge in [-0.15, -0.1) is 23.5 Å². The van der Waals surface area contributed by atoms with E-state index in [1.807, 2.05) is 11.8 Å². The highest BCUT2D eigenvalue weighted by molar-refractivity contribution is 8.01. The number of amides is 1. The molecule has 0 bridgehead atoms. The molecule has 10 atom stereocenters. The predicted molar refractivity (Wildman–Crippen MR) is 151 cm³/mol. The van der Waals surface area contributed by atoms with Crippen LogP contribution in [0.15, 0.2) is 12.0 Å². The molecule has 0 aromatic carbocycles. The van der Waals surface area contributed by atoms with E-state index >= 15 is 0 Å². The Hall–Kier alpha value is -1.06. The minimum absolute atomic E-state index is 0.126. The molecular formula is C26H44N7O4S2+. The largest absolute Gasteiger partial charge is 0.474 e. The van der Waals surface area contributed by atoms with Crippen LogP contribution in [0.25, 0.3) is 0 Å². The molecule has 8 unspecified atom stereocenters. The third kappa shape index (κ3) is 6.25. The van der Waals surface area contributed by atoms with Gasteiger partial charge in [-0.3, -0.25) is 25.5 Å². The van der Waals surface area contributed by atoms with Gasteiger partial charge in [-0.25, -0.2) is 0 Å². The summed E-state index contributed by atoms with van der Waals surface area (Å²) >= 11 is 3.56. The lowest BCUT2D eigenvalue weighted by Gasteiger charge is -2.40. The summed E-state index contributed by atoms with van der Waals surface area (Å²) in [5.74, 6) is 1.45. The third-order valence-corrected chi connectivity index (χ3v) is 12.0. The molecule has 9 N–H and O–H groups in total. The van der Waals surface area contributed by atoms with E-state index < -0.39 is 0 Å². The number of ether oxygens (including phenoxy) is 2. The van der Waals surface area contributed by atoms with E-state index in [1.165, 1.54) is 19.3 Å². The molecule has 5 aliphatic heterocycles. The Morgan fingerprint density at radius 3 is 2.77 bits per heavy atom. The summed E-state index contributed by atoms with van der Waals surface area (Å²) in [6.45, 7) is 3.58. The molecule has 5 heterocycles. The van der Waals surface area contributed by atoms with Crippen LogP contribution in [0.4, 0.5) is 0 Å². The minimum atomic E-state index is -0.259. The van der Waals surface area contributed by atoms with Crippen molar-refractivity contribution in [1.82, 2.24) is 26.2 Å². The number of quaternary nitrogens is 1. The second kappa shape index (κ2) is 12.4. The van der Waals surface area contributed by atoms with Crippen LogP contribution in [-0.4, -0.2) is 102 Å². The van der Waals surface area contributed by atoms with Gasteiger partial charge in [-0.2, -0.15) is 0 Å². The molecule has 1 aliphatic carbocycles. The van der Waals surface area contributed by atoms with Crippen molar-refractivity contribution < 1.29 is 24.8 Å². The number of hydrogen-bond acceptors (Lipinski definition) is 11. The van der Waals surface area contributed by atoms with E-state index in [9.17, 15) is 9.59 Å². The molecule has 13 heteroatoms. The molecule has 0 aromatic heterocycles. The summed E-state index contributed by atoms with van der Waals surface area (Å²) in [6, 6.07) is 0.841. The molecule has 11 nitrogen and oxygen atoms in total. The van der Waals surface area contributed by atoms with Gasteiger partial charge in [-0.1, -0.05) is 6.42 Å². The first-order valence-electron chi connectivity index (χ1n) is 14.6. The molecule has 6 aliphatic rings. The lowest BCUT2D eigenvalue weighted by Crippen LogP contribution is -2.73. The highest BCUT2D eigenvalue weighted by Gasteiger charge is 2.50. The summed E-state index contributed by atoms with van der Waals surface area (Å²) in [6.07, 6.45) is 7.97. The third-order valence-electron chi connectivity index (χ3n) is 9.12. The molecule has 0 radical (unpaired) electrons. The number of hydrogen-bond donors (Lipinski definition) is 6. The van der Waals surface area contributed by atoms with Gasteiger partial charge in [0.2, 0.25) is 5.91 Å². The van der Waals surface area contributed by atoms with Crippen LogP contribution in [0.3, 0.4) is 0 Å². The van der Waals surface area contributed by atoms with Gasteiger partial charge in [0, 0.05) is 43.8 Å². The SMILES string of the molecule is NC(=O)C1CCC(N[C@H]2CCCC[C@H]2[NH3+])NC1NC1CNC(C2CSC3C(=O)C=C(N4CCOCC4)OC32)S1. The molecule has 5 fully saturated rings. The second-order valence-corrected chi connectivity index (χ2v) is 14.2. The van der Waals surface area contributed by atoms with Crippen LogP contribution < -0.4 is 32.7 Å². The average Bonchev–Trinajstić information content (AvgIpc) is 3.58. The van der Waals surface area contributed by atoms with E-state index in [-0.39, 0.29) is 58.0 Å². The monoisotopic (exact) mass is 582 g/mol. The molecule has 39 heavy (non-hydrogen) atoms. The molecule has 218 valence electrons. The summed E-state index contributed by atoms with van der Waals surface area (Å²) in [5.41, 5.74) is 10.2. The maximum Gasteiger partial charge on any atom is 0.223 e. The number of primary amides is 1. The zero-order valence-corrected chi connectivity index (χ0v) is 24.2. The van der Waals surface area contributed by atoms with Gasteiger partial charge >= 0.3 is 0 Å². The van der Waals surface area contributed by atoms with Gasteiger partial charge in [0.25, 0.3) is 0 Å². The smallest absolute Gasteiger partial charge is 0.223 e. The van der Waals surface area contributed by atoms with E-state index in [1.54, 1.807) is 17.8 Å². The van der Waals surface area contributed by atoms with Gasteiger partial charge in [0.05, 0.1) is 54.3 Å². The van der Waals surface area contributed by atoms with Crippen LogP contribution in [-0.2, 0) is 19.1 Å². The topological polar surface area (TPSA) is 158 Å². The molecule has 4 saturated heterocycles. The van der Waals surface area contributed by atoms with Crippen molar-refractivity contribution in [3.8, 4) is 0 Å². The summed E-state index contributed by atoms with van der Waals surface area (Å²) in [4.78, 5) is 27.4. The first-order valence-corrected chi connectivity index (χ1v) is 16.6. The first kappa shape index (κ1) is 28.1. The predicted octanol–water partition coefficient (Wildman–Crippen LogP) is -1.28. The van der Waals surface area contributed by atoms with E-state index in [4.69, 9.17) is 15.2 Å². The first-order chi connectivity index (χ1) is 19.0. The Labute approximate surface area is 239 Å². The van der Waals surface area contributed by atoms with Gasteiger partial charge in [-0.05, 0) is 25.7 Å². The Kier molecular flexibility index (Phi) is 8.95. The average molecular weight is 583 g/mol. The number of allylic oxidation sites excluding steroid dienone is 1.